The van der Waals surface area contributed by atoms with Crippen molar-refractivity contribution >= 4 is 23.0 Å². The van der Waals surface area contributed by atoms with E-state index in [1.54, 1.807) is 18.5 Å². The van der Waals surface area contributed by atoms with Gasteiger partial charge in [-0.25, -0.2) is 4.98 Å². The van der Waals surface area contributed by atoms with E-state index in [4.69, 9.17) is 0 Å². The van der Waals surface area contributed by atoms with Crippen LogP contribution in [0, 0.1) is 11.3 Å². The second-order valence-electron chi connectivity index (χ2n) is 4.74. The van der Waals surface area contributed by atoms with E-state index in [2.05, 4.69) is 16.0 Å². The quantitative estimate of drug-likeness (QED) is 0.512. The maximum atomic E-state index is 9.36. The fourth-order valence-electron chi connectivity index (χ4n) is 2.03. The van der Waals surface area contributed by atoms with E-state index < -0.39 is 0 Å². The third-order valence-electron chi connectivity index (χ3n) is 3.18. The fraction of sp³-hybridized carbons (Fsp3) is 0. The predicted octanol–water partition coefficient (Wildman–Crippen LogP) is 4.83. The molecule has 23 heavy (non-hydrogen) atoms. The van der Waals surface area contributed by atoms with Gasteiger partial charge in [0.2, 0.25) is 0 Å². The topological polar surface area (TPSA) is 49.6 Å². The smallest absolute Gasteiger partial charge is 0.134 e. The summed E-state index contributed by atoms with van der Waals surface area (Å²) >= 11 is 1.47. The van der Waals surface area contributed by atoms with Crippen molar-refractivity contribution in [2.24, 2.45) is 0 Å². The largest absolute Gasteiger partial charge is 0.265 e. The summed E-state index contributed by atoms with van der Waals surface area (Å²) in [5, 5.41) is 12.0. The normalized spacial score (nSPS) is 11.5. The van der Waals surface area contributed by atoms with Crippen LogP contribution < -0.4 is 0 Å². The first kappa shape index (κ1) is 14.9. The lowest BCUT2D eigenvalue weighted by Crippen LogP contribution is -1.82. The Hall–Kier alpha value is -3.03. The first-order valence-electron chi connectivity index (χ1n) is 7.06. The van der Waals surface area contributed by atoms with E-state index in [1.807, 2.05) is 60.0 Å². The van der Waals surface area contributed by atoms with Gasteiger partial charge in [-0.05, 0) is 23.8 Å². The lowest BCUT2D eigenvalue weighted by atomic mass is 10.2. The molecule has 0 aliphatic rings. The van der Waals surface area contributed by atoms with E-state index >= 15 is 0 Å². The molecular formula is C19H13N3S. The molecule has 3 aromatic rings. The van der Waals surface area contributed by atoms with Crippen LogP contribution >= 0.6 is 11.3 Å². The third kappa shape index (κ3) is 3.79. The average molecular weight is 315 g/mol. The Morgan fingerprint density at radius 2 is 1.87 bits per heavy atom. The summed E-state index contributed by atoms with van der Waals surface area (Å²) in [6.45, 7) is 0. The van der Waals surface area contributed by atoms with Crippen LogP contribution in [0.2, 0.25) is 0 Å². The number of aromatic nitrogens is 2. The molecule has 110 valence electrons. The molecule has 2 heterocycles. The van der Waals surface area contributed by atoms with Gasteiger partial charge in [0.15, 0.2) is 0 Å². The number of nitrogens with zero attached hydrogens (tertiary/aromatic N) is 3. The highest BCUT2D eigenvalue weighted by atomic mass is 32.1. The van der Waals surface area contributed by atoms with Gasteiger partial charge in [0, 0.05) is 23.3 Å². The van der Waals surface area contributed by atoms with Crippen molar-refractivity contribution in [3.63, 3.8) is 0 Å². The average Bonchev–Trinajstić information content (AvgIpc) is 3.10. The molecule has 0 spiro atoms. The van der Waals surface area contributed by atoms with Gasteiger partial charge in [0.25, 0.3) is 0 Å². The predicted molar refractivity (Wildman–Crippen MR) is 94.4 cm³/mol. The van der Waals surface area contributed by atoms with Gasteiger partial charge in [0.05, 0.1) is 11.3 Å². The zero-order chi connectivity index (χ0) is 15.9. The Morgan fingerprint density at radius 3 is 2.61 bits per heavy atom. The summed E-state index contributed by atoms with van der Waals surface area (Å²) < 4.78 is 0. The number of nitriles is 1. The second-order valence-corrected chi connectivity index (χ2v) is 5.59. The molecule has 0 radical (unpaired) electrons. The molecule has 0 fully saturated rings. The third-order valence-corrected chi connectivity index (χ3v) is 4.06. The highest BCUT2D eigenvalue weighted by Gasteiger charge is 2.07. The standard InChI is InChI=1S/C19H13N3S/c20-13-17(8-4-7-15-5-2-1-3-6-15)19-22-18(14-23-19)16-9-11-21-12-10-16/h1-12,14H. The van der Waals surface area contributed by atoms with Gasteiger partial charge >= 0.3 is 0 Å². The van der Waals surface area contributed by atoms with Crippen molar-refractivity contribution in [3.8, 4) is 17.3 Å². The van der Waals surface area contributed by atoms with Crippen LogP contribution in [0.4, 0.5) is 0 Å². The summed E-state index contributed by atoms with van der Waals surface area (Å²) in [4.78, 5) is 8.54. The maximum Gasteiger partial charge on any atom is 0.134 e. The Bertz CT molecular complexity index is 872. The van der Waals surface area contributed by atoms with Crippen LogP contribution in [0.15, 0.2) is 72.4 Å². The molecule has 0 saturated heterocycles. The van der Waals surface area contributed by atoms with Crippen LogP contribution in [-0.2, 0) is 0 Å². The molecule has 0 aliphatic heterocycles. The number of pyridine rings is 1. The Kier molecular flexibility index (Phi) is 4.72. The highest BCUT2D eigenvalue weighted by Crippen LogP contribution is 2.25. The molecule has 3 rings (SSSR count). The summed E-state index contributed by atoms with van der Waals surface area (Å²) in [6, 6.07) is 16.0. The van der Waals surface area contributed by atoms with E-state index in [9.17, 15) is 5.26 Å². The molecule has 1 aromatic carbocycles. The fourth-order valence-corrected chi connectivity index (χ4v) is 2.83. The first-order chi connectivity index (χ1) is 11.4. The van der Waals surface area contributed by atoms with E-state index in [0.717, 1.165) is 21.8 Å². The van der Waals surface area contributed by atoms with Gasteiger partial charge in [-0.15, -0.1) is 11.3 Å². The minimum Gasteiger partial charge on any atom is -0.265 e. The number of rotatable bonds is 4. The Morgan fingerprint density at radius 1 is 1.09 bits per heavy atom. The summed E-state index contributed by atoms with van der Waals surface area (Å²) in [5.74, 6) is 0. The van der Waals surface area contributed by atoms with Crippen LogP contribution in [0.5, 0.6) is 0 Å². The maximum absolute atomic E-state index is 9.36. The zero-order valence-corrected chi connectivity index (χ0v) is 13.1. The lowest BCUT2D eigenvalue weighted by molar-refractivity contribution is 1.31. The lowest BCUT2D eigenvalue weighted by Gasteiger charge is -1.94. The molecule has 4 heteroatoms. The highest BCUT2D eigenvalue weighted by molar-refractivity contribution is 7.11. The zero-order valence-electron chi connectivity index (χ0n) is 12.3. The van der Waals surface area contributed by atoms with Crippen LogP contribution in [0.25, 0.3) is 22.9 Å². The Balaban J connectivity index is 1.82. The van der Waals surface area contributed by atoms with Crippen molar-refractivity contribution < 1.29 is 0 Å². The molecule has 2 aromatic heterocycles. The summed E-state index contributed by atoms with van der Waals surface area (Å²) in [5.41, 5.74) is 3.51. The van der Waals surface area contributed by atoms with Crippen molar-refractivity contribution in [3.05, 3.63) is 83.0 Å². The molecule has 0 bridgehead atoms. The van der Waals surface area contributed by atoms with Crippen molar-refractivity contribution in [2.45, 2.75) is 0 Å². The molecule has 3 nitrogen and oxygen atoms in total. The van der Waals surface area contributed by atoms with Crippen molar-refractivity contribution in [2.75, 3.05) is 0 Å². The number of hydrogen-bond acceptors (Lipinski definition) is 4. The van der Waals surface area contributed by atoms with Gasteiger partial charge < -0.3 is 0 Å². The number of thiazole rings is 1. The van der Waals surface area contributed by atoms with Crippen LogP contribution in [0.1, 0.15) is 10.6 Å². The number of allylic oxidation sites excluding steroid dienone is 3. The van der Waals surface area contributed by atoms with E-state index in [-0.39, 0.29) is 0 Å². The monoisotopic (exact) mass is 315 g/mol. The van der Waals surface area contributed by atoms with Gasteiger partial charge in [0.1, 0.15) is 11.1 Å². The second kappa shape index (κ2) is 7.30. The van der Waals surface area contributed by atoms with E-state index in [0.29, 0.717) is 5.57 Å². The SMILES string of the molecule is N#CC(=CC=Cc1ccccc1)c1nc(-c2ccncc2)cs1. The Labute approximate surface area is 138 Å². The molecule has 0 saturated carbocycles. The first-order valence-corrected chi connectivity index (χ1v) is 7.94. The molecular weight excluding hydrogens is 302 g/mol. The van der Waals surface area contributed by atoms with E-state index in [1.165, 1.54) is 11.3 Å². The number of hydrogen-bond donors (Lipinski definition) is 0. The molecule has 0 atom stereocenters. The van der Waals surface area contributed by atoms with Crippen LogP contribution in [-0.4, -0.2) is 9.97 Å². The van der Waals surface area contributed by atoms with Crippen molar-refractivity contribution in [1.82, 2.24) is 9.97 Å². The van der Waals surface area contributed by atoms with Gasteiger partial charge in [-0.2, -0.15) is 5.26 Å². The van der Waals surface area contributed by atoms with Crippen molar-refractivity contribution in [1.29, 1.82) is 5.26 Å². The molecule has 0 aliphatic carbocycles. The summed E-state index contributed by atoms with van der Waals surface area (Å²) in [7, 11) is 0. The minimum absolute atomic E-state index is 0.558. The van der Waals surface area contributed by atoms with Crippen LogP contribution in [0.3, 0.4) is 0 Å². The number of benzene rings is 1. The molecule has 0 amide bonds. The molecule has 0 unspecified atom stereocenters. The summed E-state index contributed by atoms with van der Waals surface area (Å²) in [6.07, 6.45) is 9.11. The van der Waals surface area contributed by atoms with Gasteiger partial charge in [-0.1, -0.05) is 42.5 Å². The van der Waals surface area contributed by atoms with Gasteiger partial charge in [-0.3, -0.25) is 4.98 Å². The minimum atomic E-state index is 0.558. The molecule has 0 N–H and O–H groups in total.